The van der Waals surface area contributed by atoms with Crippen LogP contribution in [0.5, 0.6) is 5.75 Å². The minimum absolute atomic E-state index is 0.0442. The number of hydrazone groups is 1. The Morgan fingerprint density at radius 2 is 1.95 bits per heavy atom. The fraction of sp³-hybridized carbons (Fsp3) is 0.0667. The smallest absolute Gasteiger partial charge is 0.271 e. The molecule has 102 valence electrons. The average molecular weight is 289 g/mol. The van der Waals surface area contributed by atoms with Crippen LogP contribution in [-0.4, -0.2) is 17.2 Å². The van der Waals surface area contributed by atoms with Crippen molar-refractivity contribution in [3.63, 3.8) is 0 Å². The van der Waals surface area contributed by atoms with Crippen molar-refractivity contribution in [2.75, 3.05) is 0 Å². The van der Waals surface area contributed by atoms with E-state index < -0.39 is 0 Å². The normalized spacial score (nSPS) is 10.7. The topological polar surface area (TPSA) is 61.7 Å². The van der Waals surface area contributed by atoms with Crippen molar-refractivity contribution < 1.29 is 9.90 Å². The standard InChI is InChI=1S/C15H13ClN2O2/c1-10-2-4-11(5-3-10)15(20)18-17-9-12-8-13(16)6-7-14(12)19/h2-9,19H,1H3,(H,18,20). The summed E-state index contributed by atoms with van der Waals surface area (Å²) < 4.78 is 0. The molecule has 0 aliphatic rings. The van der Waals surface area contributed by atoms with Gasteiger partial charge in [-0.3, -0.25) is 4.79 Å². The third-order valence-corrected chi connectivity index (χ3v) is 2.91. The van der Waals surface area contributed by atoms with E-state index in [1.807, 2.05) is 19.1 Å². The number of aromatic hydroxyl groups is 1. The van der Waals surface area contributed by atoms with E-state index in [1.54, 1.807) is 24.3 Å². The average Bonchev–Trinajstić information content (AvgIpc) is 2.43. The van der Waals surface area contributed by atoms with Crippen LogP contribution in [0.1, 0.15) is 21.5 Å². The third kappa shape index (κ3) is 3.59. The number of carbonyl (C=O) groups excluding carboxylic acids is 1. The summed E-state index contributed by atoms with van der Waals surface area (Å²) in [5, 5.41) is 13.9. The van der Waals surface area contributed by atoms with Crippen LogP contribution in [0.25, 0.3) is 0 Å². The monoisotopic (exact) mass is 288 g/mol. The zero-order valence-corrected chi connectivity index (χ0v) is 11.6. The molecule has 0 aliphatic heterocycles. The number of hydrogen-bond acceptors (Lipinski definition) is 3. The highest BCUT2D eigenvalue weighted by Gasteiger charge is 2.03. The Hall–Kier alpha value is -2.33. The molecule has 0 radical (unpaired) electrons. The molecule has 0 aromatic heterocycles. The van der Waals surface area contributed by atoms with Crippen molar-refractivity contribution >= 4 is 23.7 Å². The molecular formula is C15H13ClN2O2. The molecule has 2 aromatic rings. The summed E-state index contributed by atoms with van der Waals surface area (Å²) in [6.45, 7) is 1.95. The zero-order valence-electron chi connectivity index (χ0n) is 10.8. The zero-order chi connectivity index (χ0) is 14.5. The molecule has 0 saturated heterocycles. The Balaban J connectivity index is 2.04. The van der Waals surface area contributed by atoms with Crippen LogP contribution in [0.15, 0.2) is 47.6 Å². The van der Waals surface area contributed by atoms with Gasteiger partial charge in [0.05, 0.1) is 6.21 Å². The maximum absolute atomic E-state index is 11.8. The van der Waals surface area contributed by atoms with E-state index in [1.165, 1.54) is 12.3 Å². The minimum Gasteiger partial charge on any atom is -0.507 e. The molecular weight excluding hydrogens is 276 g/mol. The van der Waals surface area contributed by atoms with E-state index >= 15 is 0 Å². The summed E-state index contributed by atoms with van der Waals surface area (Å²) in [5.41, 5.74) is 4.42. The fourth-order valence-corrected chi connectivity index (χ4v) is 1.74. The van der Waals surface area contributed by atoms with Crippen LogP contribution in [0.3, 0.4) is 0 Å². The molecule has 0 aliphatic carbocycles. The lowest BCUT2D eigenvalue weighted by Crippen LogP contribution is -2.17. The Kier molecular flexibility index (Phi) is 4.38. The number of halogens is 1. The van der Waals surface area contributed by atoms with E-state index in [9.17, 15) is 9.90 Å². The van der Waals surface area contributed by atoms with Crippen LogP contribution in [-0.2, 0) is 0 Å². The largest absolute Gasteiger partial charge is 0.507 e. The summed E-state index contributed by atoms with van der Waals surface area (Å²) in [7, 11) is 0. The molecule has 2 aromatic carbocycles. The van der Waals surface area contributed by atoms with Crippen LogP contribution in [0, 0.1) is 6.92 Å². The summed E-state index contributed by atoms with van der Waals surface area (Å²) in [6.07, 6.45) is 1.34. The number of nitrogens with one attached hydrogen (secondary N) is 1. The van der Waals surface area contributed by atoms with Crippen molar-refractivity contribution in [3.8, 4) is 5.75 Å². The van der Waals surface area contributed by atoms with Crippen molar-refractivity contribution in [2.45, 2.75) is 6.92 Å². The maximum atomic E-state index is 11.8. The maximum Gasteiger partial charge on any atom is 0.271 e. The number of phenols is 1. The molecule has 0 fully saturated rings. The lowest BCUT2D eigenvalue weighted by atomic mass is 10.1. The van der Waals surface area contributed by atoms with Gasteiger partial charge in [0.15, 0.2) is 0 Å². The van der Waals surface area contributed by atoms with E-state index in [4.69, 9.17) is 11.6 Å². The number of nitrogens with zero attached hydrogens (tertiary/aromatic N) is 1. The van der Waals surface area contributed by atoms with Crippen molar-refractivity contribution in [1.82, 2.24) is 5.43 Å². The van der Waals surface area contributed by atoms with Gasteiger partial charge in [0.2, 0.25) is 0 Å². The van der Waals surface area contributed by atoms with E-state index in [0.717, 1.165) is 5.56 Å². The molecule has 2 rings (SSSR count). The highest BCUT2D eigenvalue weighted by Crippen LogP contribution is 2.19. The van der Waals surface area contributed by atoms with Gasteiger partial charge in [-0.15, -0.1) is 0 Å². The van der Waals surface area contributed by atoms with Crippen LogP contribution in [0.2, 0.25) is 5.02 Å². The van der Waals surface area contributed by atoms with Crippen molar-refractivity contribution in [1.29, 1.82) is 0 Å². The Bertz CT molecular complexity index is 651. The van der Waals surface area contributed by atoms with Crippen LogP contribution < -0.4 is 5.43 Å². The highest BCUT2D eigenvalue weighted by molar-refractivity contribution is 6.30. The highest BCUT2D eigenvalue weighted by atomic mass is 35.5. The van der Waals surface area contributed by atoms with Crippen LogP contribution >= 0.6 is 11.6 Å². The Morgan fingerprint density at radius 1 is 1.25 bits per heavy atom. The van der Waals surface area contributed by atoms with Crippen molar-refractivity contribution in [2.24, 2.45) is 5.10 Å². The second kappa shape index (κ2) is 6.21. The molecule has 2 N–H and O–H groups in total. The molecule has 0 atom stereocenters. The van der Waals surface area contributed by atoms with E-state index in [-0.39, 0.29) is 11.7 Å². The molecule has 20 heavy (non-hydrogen) atoms. The Morgan fingerprint density at radius 3 is 2.65 bits per heavy atom. The first-order valence-electron chi connectivity index (χ1n) is 5.95. The molecule has 4 nitrogen and oxygen atoms in total. The van der Waals surface area contributed by atoms with E-state index in [0.29, 0.717) is 16.1 Å². The lowest BCUT2D eigenvalue weighted by molar-refractivity contribution is 0.0955. The first-order valence-corrected chi connectivity index (χ1v) is 6.32. The summed E-state index contributed by atoms with van der Waals surface area (Å²) in [4.78, 5) is 11.8. The second-order valence-corrected chi connectivity index (χ2v) is 4.70. The Labute approximate surface area is 121 Å². The number of benzene rings is 2. The molecule has 0 bridgehead atoms. The van der Waals surface area contributed by atoms with Gasteiger partial charge in [0, 0.05) is 16.1 Å². The third-order valence-electron chi connectivity index (χ3n) is 2.67. The van der Waals surface area contributed by atoms with Gasteiger partial charge < -0.3 is 5.11 Å². The molecule has 1 amide bonds. The second-order valence-electron chi connectivity index (χ2n) is 4.27. The first-order chi connectivity index (χ1) is 9.56. The summed E-state index contributed by atoms with van der Waals surface area (Å²) >= 11 is 5.81. The van der Waals surface area contributed by atoms with Gasteiger partial charge in [-0.05, 0) is 37.3 Å². The van der Waals surface area contributed by atoms with Crippen LogP contribution in [0.4, 0.5) is 0 Å². The number of carbonyl (C=O) groups is 1. The quantitative estimate of drug-likeness (QED) is 0.673. The number of amides is 1. The van der Waals surface area contributed by atoms with Gasteiger partial charge >= 0.3 is 0 Å². The number of aryl methyl sites for hydroxylation is 1. The lowest BCUT2D eigenvalue weighted by Gasteiger charge is -2.01. The predicted molar refractivity (Wildman–Crippen MR) is 79.4 cm³/mol. The summed E-state index contributed by atoms with van der Waals surface area (Å²) in [6, 6.07) is 11.7. The molecule has 0 heterocycles. The fourth-order valence-electron chi connectivity index (χ4n) is 1.56. The SMILES string of the molecule is Cc1ccc(C(=O)NN=Cc2cc(Cl)ccc2O)cc1. The van der Waals surface area contributed by atoms with Gasteiger partial charge in [0.1, 0.15) is 5.75 Å². The number of hydrogen-bond donors (Lipinski definition) is 2. The van der Waals surface area contributed by atoms with E-state index in [2.05, 4.69) is 10.5 Å². The molecule has 0 unspecified atom stereocenters. The molecule has 5 heteroatoms. The molecule has 0 saturated carbocycles. The summed E-state index contributed by atoms with van der Waals surface area (Å²) in [5.74, 6) is -0.273. The van der Waals surface area contributed by atoms with Gasteiger partial charge in [-0.2, -0.15) is 5.10 Å². The molecule has 0 spiro atoms. The number of phenolic OH excluding ortho intramolecular Hbond substituents is 1. The van der Waals surface area contributed by atoms with Gasteiger partial charge in [0.25, 0.3) is 5.91 Å². The van der Waals surface area contributed by atoms with Gasteiger partial charge in [-0.1, -0.05) is 29.3 Å². The van der Waals surface area contributed by atoms with Crippen molar-refractivity contribution in [3.05, 3.63) is 64.2 Å². The predicted octanol–water partition coefficient (Wildman–Crippen LogP) is 3.12. The van der Waals surface area contributed by atoms with Gasteiger partial charge in [-0.25, -0.2) is 5.43 Å². The minimum atomic E-state index is -0.317. The number of rotatable bonds is 3. The first kappa shape index (κ1) is 14.1.